The molecule has 96 valence electrons. The normalized spacial score (nSPS) is 11.9. The molecule has 0 aliphatic rings. The standard InChI is InChI=1S/C10H20N6O/c11-10(14-17)4-1-2-5-12-6-3-8-16-9-7-13-15-16/h7,9,12,17H,1-6,8H2,(H2,11,14). The number of amidine groups is 1. The van der Waals surface area contributed by atoms with Crippen molar-refractivity contribution in [1.82, 2.24) is 20.3 Å². The third-order valence-electron chi connectivity index (χ3n) is 2.38. The fourth-order valence-corrected chi connectivity index (χ4v) is 1.45. The van der Waals surface area contributed by atoms with E-state index >= 15 is 0 Å². The summed E-state index contributed by atoms with van der Waals surface area (Å²) in [6, 6.07) is 0. The lowest BCUT2D eigenvalue weighted by Gasteiger charge is -2.04. The number of rotatable bonds is 9. The molecule has 0 radical (unpaired) electrons. The first-order valence-corrected chi connectivity index (χ1v) is 5.84. The van der Waals surface area contributed by atoms with Crippen LogP contribution >= 0.6 is 0 Å². The summed E-state index contributed by atoms with van der Waals surface area (Å²) in [6.45, 7) is 2.80. The van der Waals surface area contributed by atoms with Gasteiger partial charge in [-0.2, -0.15) is 0 Å². The van der Waals surface area contributed by atoms with Crippen molar-refractivity contribution in [2.75, 3.05) is 13.1 Å². The summed E-state index contributed by atoms with van der Waals surface area (Å²) in [6.07, 6.45) is 7.18. The highest BCUT2D eigenvalue weighted by Crippen LogP contribution is 1.94. The molecule has 0 saturated carbocycles. The summed E-state index contributed by atoms with van der Waals surface area (Å²) in [4.78, 5) is 0. The third kappa shape index (κ3) is 6.52. The molecule has 0 aliphatic carbocycles. The Morgan fingerprint density at radius 1 is 1.35 bits per heavy atom. The van der Waals surface area contributed by atoms with E-state index in [0.717, 1.165) is 38.9 Å². The van der Waals surface area contributed by atoms with Gasteiger partial charge < -0.3 is 16.3 Å². The minimum atomic E-state index is 0.302. The van der Waals surface area contributed by atoms with Crippen molar-refractivity contribution < 1.29 is 5.21 Å². The van der Waals surface area contributed by atoms with Gasteiger partial charge in [0.15, 0.2) is 0 Å². The van der Waals surface area contributed by atoms with Crippen molar-refractivity contribution in [3.05, 3.63) is 12.4 Å². The van der Waals surface area contributed by atoms with Crippen LogP contribution in [0.25, 0.3) is 0 Å². The third-order valence-corrected chi connectivity index (χ3v) is 2.38. The summed E-state index contributed by atoms with van der Waals surface area (Å²) in [5.74, 6) is 0.302. The summed E-state index contributed by atoms with van der Waals surface area (Å²) in [5.41, 5.74) is 5.35. The number of nitrogens with two attached hydrogens (primary N) is 1. The van der Waals surface area contributed by atoms with E-state index in [2.05, 4.69) is 20.8 Å². The monoisotopic (exact) mass is 240 g/mol. The maximum atomic E-state index is 8.33. The van der Waals surface area contributed by atoms with E-state index in [1.807, 2.05) is 10.9 Å². The molecule has 1 aromatic heterocycles. The molecule has 1 aromatic rings. The van der Waals surface area contributed by atoms with Crippen molar-refractivity contribution in [3.8, 4) is 0 Å². The van der Waals surface area contributed by atoms with Gasteiger partial charge in [-0.3, -0.25) is 4.68 Å². The first kappa shape index (κ1) is 13.4. The average molecular weight is 240 g/mol. The molecular formula is C10H20N6O. The highest BCUT2D eigenvalue weighted by molar-refractivity contribution is 5.79. The molecule has 1 heterocycles. The molecule has 0 unspecified atom stereocenters. The van der Waals surface area contributed by atoms with Gasteiger partial charge in [-0.15, -0.1) is 5.10 Å². The topological polar surface area (TPSA) is 101 Å². The largest absolute Gasteiger partial charge is 0.409 e. The van der Waals surface area contributed by atoms with Gasteiger partial charge in [0.25, 0.3) is 0 Å². The molecule has 0 atom stereocenters. The zero-order valence-corrected chi connectivity index (χ0v) is 9.92. The predicted molar refractivity (Wildman–Crippen MR) is 64.8 cm³/mol. The second kappa shape index (κ2) is 8.51. The Kier molecular flexibility index (Phi) is 6.73. The summed E-state index contributed by atoms with van der Waals surface area (Å²) < 4.78 is 1.82. The van der Waals surface area contributed by atoms with Crippen molar-refractivity contribution >= 4 is 5.84 Å². The minimum Gasteiger partial charge on any atom is -0.409 e. The maximum absolute atomic E-state index is 8.33. The lowest BCUT2D eigenvalue weighted by Crippen LogP contribution is -2.19. The Hall–Kier alpha value is -1.63. The summed E-state index contributed by atoms with van der Waals surface area (Å²) in [5, 5.41) is 22.2. The molecule has 1 rings (SSSR count). The molecule has 0 saturated heterocycles. The second-order valence-corrected chi connectivity index (χ2v) is 3.82. The van der Waals surface area contributed by atoms with Gasteiger partial charge in [-0.05, 0) is 32.4 Å². The van der Waals surface area contributed by atoms with E-state index in [-0.39, 0.29) is 0 Å². The number of nitrogens with one attached hydrogen (secondary N) is 1. The van der Waals surface area contributed by atoms with E-state index < -0.39 is 0 Å². The average Bonchev–Trinajstić information content (AvgIpc) is 2.85. The minimum absolute atomic E-state index is 0.302. The quantitative estimate of drug-likeness (QED) is 0.188. The molecule has 0 fully saturated rings. The van der Waals surface area contributed by atoms with Crippen LogP contribution in [0.4, 0.5) is 0 Å². The van der Waals surface area contributed by atoms with Gasteiger partial charge in [-0.1, -0.05) is 10.4 Å². The van der Waals surface area contributed by atoms with Gasteiger partial charge in [0.2, 0.25) is 0 Å². The molecule has 0 aliphatic heterocycles. The Morgan fingerprint density at radius 2 is 2.18 bits per heavy atom. The molecular weight excluding hydrogens is 220 g/mol. The summed E-state index contributed by atoms with van der Waals surface area (Å²) >= 11 is 0. The van der Waals surface area contributed by atoms with E-state index in [1.165, 1.54) is 0 Å². The van der Waals surface area contributed by atoms with Crippen LogP contribution in [0.2, 0.25) is 0 Å². The number of oxime groups is 1. The first-order valence-electron chi connectivity index (χ1n) is 5.84. The Morgan fingerprint density at radius 3 is 2.88 bits per heavy atom. The predicted octanol–water partition coefficient (Wildman–Crippen LogP) is 0.175. The van der Waals surface area contributed by atoms with Gasteiger partial charge in [0.1, 0.15) is 5.84 Å². The zero-order chi connectivity index (χ0) is 12.3. The van der Waals surface area contributed by atoms with Gasteiger partial charge in [0, 0.05) is 19.2 Å². The maximum Gasteiger partial charge on any atom is 0.139 e. The van der Waals surface area contributed by atoms with E-state index in [1.54, 1.807) is 6.20 Å². The van der Waals surface area contributed by atoms with Crippen molar-refractivity contribution in [1.29, 1.82) is 0 Å². The molecule has 7 heteroatoms. The van der Waals surface area contributed by atoms with Crippen molar-refractivity contribution in [3.63, 3.8) is 0 Å². The molecule has 0 amide bonds. The van der Waals surface area contributed by atoms with Crippen LogP contribution < -0.4 is 11.1 Å². The van der Waals surface area contributed by atoms with E-state index in [4.69, 9.17) is 10.9 Å². The highest BCUT2D eigenvalue weighted by Gasteiger charge is 1.94. The van der Waals surface area contributed by atoms with Crippen LogP contribution in [0.5, 0.6) is 0 Å². The Balaban J connectivity index is 1.85. The first-order chi connectivity index (χ1) is 8.33. The number of hydrogen-bond donors (Lipinski definition) is 3. The number of nitrogens with zero attached hydrogens (tertiary/aromatic N) is 4. The highest BCUT2D eigenvalue weighted by atomic mass is 16.4. The van der Waals surface area contributed by atoms with E-state index in [9.17, 15) is 0 Å². The fraction of sp³-hybridized carbons (Fsp3) is 0.700. The van der Waals surface area contributed by atoms with Crippen molar-refractivity contribution in [2.24, 2.45) is 10.9 Å². The molecule has 7 nitrogen and oxygen atoms in total. The molecule has 0 spiro atoms. The number of aromatic nitrogens is 3. The Bertz CT molecular complexity index is 311. The van der Waals surface area contributed by atoms with Crippen molar-refractivity contribution in [2.45, 2.75) is 32.2 Å². The fourth-order valence-electron chi connectivity index (χ4n) is 1.45. The van der Waals surface area contributed by atoms with Crippen LogP contribution in [-0.2, 0) is 6.54 Å². The number of unbranched alkanes of at least 4 members (excludes halogenated alkanes) is 1. The SMILES string of the molecule is N/C(CCCCNCCCn1ccnn1)=N/O. The molecule has 0 bridgehead atoms. The van der Waals surface area contributed by atoms with Gasteiger partial charge >= 0.3 is 0 Å². The van der Waals surface area contributed by atoms with Crippen LogP contribution in [0, 0.1) is 0 Å². The second-order valence-electron chi connectivity index (χ2n) is 3.82. The van der Waals surface area contributed by atoms with Gasteiger partial charge in [0.05, 0.1) is 6.20 Å². The number of hydrogen-bond acceptors (Lipinski definition) is 5. The van der Waals surface area contributed by atoms with Crippen LogP contribution in [0.15, 0.2) is 17.5 Å². The van der Waals surface area contributed by atoms with Crippen LogP contribution in [0.3, 0.4) is 0 Å². The van der Waals surface area contributed by atoms with Gasteiger partial charge in [-0.25, -0.2) is 0 Å². The molecule has 17 heavy (non-hydrogen) atoms. The zero-order valence-electron chi connectivity index (χ0n) is 9.92. The lowest BCUT2D eigenvalue weighted by molar-refractivity contribution is 0.316. The summed E-state index contributed by atoms with van der Waals surface area (Å²) in [7, 11) is 0. The molecule has 4 N–H and O–H groups in total. The lowest BCUT2D eigenvalue weighted by atomic mass is 10.2. The van der Waals surface area contributed by atoms with Crippen LogP contribution in [0.1, 0.15) is 25.7 Å². The smallest absolute Gasteiger partial charge is 0.139 e. The van der Waals surface area contributed by atoms with E-state index in [0.29, 0.717) is 12.3 Å². The number of aryl methyl sites for hydroxylation is 1. The molecule has 0 aromatic carbocycles. The van der Waals surface area contributed by atoms with Crippen LogP contribution in [-0.4, -0.2) is 39.1 Å². The Labute approximate surface area is 101 Å².